The first kappa shape index (κ1) is 26.4. The molecule has 0 radical (unpaired) electrons. The Morgan fingerprint density at radius 1 is 1.11 bits per heavy atom. The Bertz CT molecular complexity index is 1180. The quantitative estimate of drug-likeness (QED) is 0.334. The zero-order valence-corrected chi connectivity index (χ0v) is 23.2. The van der Waals surface area contributed by atoms with Crippen LogP contribution < -0.4 is 0 Å². The van der Waals surface area contributed by atoms with Crippen LogP contribution >= 0.6 is 0 Å². The van der Waals surface area contributed by atoms with Crippen molar-refractivity contribution in [1.82, 2.24) is 14.9 Å². The third-order valence-electron chi connectivity index (χ3n) is 8.60. The largest absolute Gasteiger partial charge is 0.342 e. The van der Waals surface area contributed by atoms with Gasteiger partial charge in [-0.3, -0.25) is 4.79 Å². The topological polar surface area (TPSA) is 49.0 Å². The first-order valence-corrected chi connectivity index (χ1v) is 14.1. The molecule has 1 N–H and O–H groups in total. The number of aryl methyl sites for hydroxylation is 2. The molecule has 4 nitrogen and oxygen atoms in total. The van der Waals surface area contributed by atoms with Crippen LogP contribution in [0, 0.1) is 31.6 Å². The fourth-order valence-electron chi connectivity index (χ4n) is 6.06. The molecule has 1 aliphatic heterocycles. The van der Waals surface area contributed by atoms with Gasteiger partial charge in [0, 0.05) is 19.0 Å². The minimum atomic E-state index is 0.375. The van der Waals surface area contributed by atoms with E-state index in [4.69, 9.17) is 0 Å². The van der Waals surface area contributed by atoms with Crippen molar-refractivity contribution < 1.29 is 4.79 Å². The Kier molecular flexibility index (Phi) is 8.54. The number of benzene rings is 2. The normalized spacial score (nSPS) is 20.0. The van der Waals surface area contributed by atoms with Crippen LogP contribution in [0.25, 0.3) is 22.2 Å². The summed E-state index contributed by atoms with van der Waals surface area (Å²) in [6.45, 7) is 14.3. The molecule has 4 rings (SSSR count). The van der Waals surface area contributed by atoms with Gasteiger partial charge in [-0.25, -0.2) is 4.98 Å². The molecule has 0 aliphatic carbocycles. The number of nitrogens with one attached hydrogen (secondary N) is 1. The lowest BCUT2D eigenvalue weighted by molar-refractivity contribution is -0.137. The van der Waals surface area contributed by atoms with Crippen molar-refractivity contribution in [3.05, 3.63) is 53.3 Å². The molecule has 1 aromatic heterocycles. The number of likely N-dealkylation sites (tertiary alicyclic amines) is 1. The number of piperidine rings is 1. The van der Waals surface area contributed by atoms with Gasteiger partial charge in [0.2, 0.25) is 5.91 Å². The Labute approximate surface area is 217 Å². The molecule has 1 fully saturated rings. The van der Waals surface area contributed by atoms with Crippen molar-refractivity contribution in [3.63, 3.8) is 0 Å². The number of amides is 1. The van der Waals surface area contributed by atoms with Crippen LogP contribution in [0.15, 0.2) is 36.4 Å². The third kappa shape index (κ3) is 6.02. The van der Waals surface area contributed by atoms with Crippen LogP contribution in [0.4, 0.5) is 0 Å². The van der Waals surface area contributed by atoms with Crippen LogP contribution in [0.1, 0.15) is 83.2 Å². The highest BCUT2D eigenvalue weighted by atomic mass is 16.2. The van der Waals surface area contributed by atoms with Gasteiger partial charge in [-0.15, -0.1) is 0 Å². The molecule has 36 heavy (non-hydrogen) atoms. The minimum absolute atomic E-state index is 0.375. The van der Waals surface area contributed by atoms with Crippen molar-refractivity contribution in [2.75, 3.05) is 6.54 Å². The van der Waals surface area contributed by atoms with E-state index in [0.29, 0.717) is 36.1 Å². The SMILES string of the molecule is CCCC(CC(=O)N1CC(CC)CCC1C)C(C)Cc1cc(-c2ccc3nc(C)[nH]c3c2)ccc1C. The number of rotatable bonds is 9. The maximum absolute atomic E-state index is 13.4. The number of hydrogen-bond donors (Lipinski definition) is 1. The lowest BCUT2D eigenvalue weighted by Crippen LogP contribution is -2.46. The zero-order valence-electron chi connectivity index (χ0n) is 23.2. The molecule has 4 atom stereocenters. The Hall–Kier alpha value is -2.62. The van der Waals surface area contributed by atoms with Gasteiger partial charge in [0.05, 0.1) is 11.0 Å². The molecule has 1 saturated heterocycles. The molecule has 4 heteroatoms. The fourth-order valence-corrected chi connectivity index (χ4v) is 6.06. The smallest absolute Gasteiger partial charge is 0.223 e. The summed E-state index contributed by atoms with van der Waals surface area (Å²) in [5.74, 6) is 2.87. The number of aromatic amines is 1. The maximum atomic E-state index is 13.4. The van der Waals surface area contributed by atoms with Gasteiger partial charge in [-0.1, -0.05) is 57.9 Å². The number of hydrogen-bond acceptors (Lipinski definition) is 2. The van der Waals surface area contributed by atoms with Crippen molar-refractivity contribution in [1.29, 1.82) is 0 Å². The molecule has 0 saturated carbocycles. The number of carbonyl (C=O) groups is 1. The summed E-state index contributed by atoms with van der Waals surface area (Å²) in [5, 5.41) is 0. The summed E-state index contributed by atoms with van der Waals surface area (Å²) in [6, 6.07) is 13.7. The Balaban J connectivity index is 1.49. The molecule has 1 aliphatic rings. The van der Waals surface area contributed by atoms with E-state index in [2.05, 4.69) is 85.9 Å². The molecule has 2 heterocycles. The van der Waals surface area contributed by atoms with Crippen LogP contribution in [0.2, 0.25) is 0 Å². The van der Waals surface area contributed by atoms with E-state index < -0.39 is 0 Å². The van der Waals surface area contributed by atoms with Crippen LogP contribution in [0.5, 0.6) is 0 Å². The fraction of sp³-hybridized carbons (Fsp3) is 0.562. The summed E-state index contributed by atoms with van der Waals surface area (Å²) in [6.07, 6.45) is 7.51. The third-order valence-corrected chi connectivity index (χ3v) is 8.60. The maximum Gasteiger partial charge on any atom is 0.223 e. The average molecular weight is 488 g/mol. The molecule has 2 aromatic carbocycles. The molecule has 194 valence electrons. The summed E-state index contributed by atoms with van der Waals surface area (Å²) in [7, 11) is 0. The van der Waals surface area contributed by atoms with E-state index in [1.54, 1.807) is 0 Å². The van der Waals surface area contributed by atoms with Crippen molar-refractivity contribution in [2.24, 2.45) is 17.8 Å². The number of H-pyrrole nitrogens is 1. The number of fused-ring (bicyclic) bond motifs is 1. The van der Waals surface area contributed by atoms with Gasteiger partial charge in [0.1, 0.15) is 5.82 Å². The number of nitrogens with zero attached hydrogens (tertiary/aromatic N) is 2. The van der Waals surface area contributed by atoms with Gasteiger partial charge in [-0.05, 0) is 98.6 Å². The van der Waals surface area contributed by atoms with Crippen molar-refractivity contribution >= 4 is 16.9 Å². The van der Waals surface area contributed by atoms with Crippen molar-refractivity contribution in [2.45, 2.75) is 92.5 Å². The molecule has 3 aromatic rings. The zero-order chi connectivity index (χ0) is 25.8. The second-order valence-corrected chi connectivity index (χ2v) is 11.4. The van der Waals surface area contributed by atoms with Crippen LogP contribution in [0.3, 0.4) is 0 Å². The van der Waals surface area contributed by atoms with E-state index in [9.17, 15) is 4.79 Å². The molecular formula is C32H45N3O. The standard InChI is InChI=1S/C32H45N3O/c1-7-9-26(19-32(36)35-20-25(8-2)12-11-23(35)5)22(4)16-29-17-27(13-10-21(29)3)28-14-15-30-31(18-28)34-24(6)33-30/h10,13-15,17-18,22-23,25-26H,7-9,11-12,16,19-20H2,1-6H3,(H,33,34). The second-order valence-electron chi connectivity index (χ2n) is 11.4. The summed E-state index contributed by atoms with van der Waals surface area (Å²) in [5.41, 5.74) is 7.28. The molecule has 0 spiro atoms. The van der Waals surface area contributed by atoms with Gasteiger partial charge in [-0.2, -0.15) is 0 Å². The summed E-state index contributed by atoms with van der Waals surface area (Å²) in [4.78, 5) is 23.5. The molecule has 0 bridgehead atoms. The second kappa shape index (κ2) is 11.6. The average Bonchev–Trinajstić information content (AvgIpc) is 3.24. The first-order chi connectivity index (χ1) is 17.3. The highest BCUT2D eigenvalue weighted by molar-refractivity contribution is 5.82. The molecule has 4 unspecified atom stereocenters. The number of aromatic nitrogens is 2. The van der Waals surface area contributed by atoms with Gasteiger partial charge in [0.25, 0.3) is 0 Å². The minimum Gasteiger partial charge on any atom is -0.342 e. The van der Waals surface area contributed by atoms with E-state index in [0.717, 1.165) is 49.1 Å². The highest BCUT2D eigenvalue weighted by Crippen LogP contribution is 2.32. The molecule has 1 amide bonds. The lowest BCUT2D eigenvalue weighted by atomic mass is 9.81. The predicted molar refractivity (Wildman–Crippen MR) is 151 cm³/mol. The van der Waals surface area contributed by atoms with Crippen molar-refractivity contribution in [3.8, 4) is 11.1 Å². The van der Waals surface area contributed by atoms with Gasteiger partial charge >= 0.3 is 0 Å². The van der Waals surface area contributed by atoms with E-state index in [-0.39, 0.29) is 0 Å². The van der Waals surface area contributed by atoms with E-state index >= 15 is 0 Å². The van der Waals surface area contributed by atoms with Gasteiger partial charge in [0.15, 0.2) is 0 Å². The van der Waals surface area contributed by atoms with Gasteiger partial charge < -0.3 is 9.88 Å². The highest BCUT2D eigenvalue weighted by Gasteiger charge is 2.30. The van der Waals surface area contributed by atoms with E-state index in [1.807, 2.05) is 6.92 Å². The van der Waals surface area contributed by atoms with E-state index in [1.165, 1.54) is 35.1 Å². The summed E-state index contributed by atoms with van der Waals surface area (Å²) >= 11 is 0. The first-order valence-electron chi connectivity index (χ1n) is 14.1. The molecular weight excluding hydrogens is 442 g/mol. The Morgan fingerprint density at radius 2 is 1.86 bits per heavy atom. The number of imidazole rings is 1. The number of carbonyl (C=O) groups excluding carboxylic acids is 1. The van der Waals surface area contributed by atoms with Crippen LogP contribution in [-0.4, -0.2) is 33.4 Å². The Morgan fingerprint density at radius 3 is 2.61 bits per heavy atom. The monoisotopic (exact) mass is 487 g/mol. The summed E-state index contributed by atoms with van der Waals surface area (Å²) < 4.78 is 0. The van der Waals surface area contributed by atoms with Crippen LogP contribution in [-0.2, 0) is 11.2 Å². The predicted octanol–water partition coefficient (Wildman–Crippen LogP) is 7.87. The lowest BCUT2D eigenvalue weighted by Gasteiger charge is -2.39.